The molecule has 0 unspecified atom stereocenters. The number of rotatable bonds is 2. The first-order valence-corrected chi connectivity index (χ1v) is 8.07. The van der Waals surface area contributed by atoms with Gasteiger partial charge in [-0.15, -0.1) is 0 Å². The van der Waals surface area contributed by atoms with E-state index in [1.165, 1.54) is 0 Å². The summed E-state index contributed by atoms with van der Waals surface area (Å²) in [7, 11) is 0. The van der Waals surface area contributed by atoms with Gasteiger partial charge in [-0.2, -0.15) is 13.2 Å². The Balaban J connectivity index is 1.98. The van der Waals surface area contributed by atoms with Crippen molar-refractivity contribution in [3.05, 3.63) is 28.8 Å². The number of alkyl halides is 3. The monoisotopic (exact) mass is 373 g/mol. The zero-order valence-electron chi connectivity index (χ0n) is 13.5. The molecule has 0 heterocycles. The molecule has 2 fully saturated rings. The summed E-state index contributed by atoms with van der Waals surface area (Å²) in [6.07, 6.45) is -4.00. The Bertz CT molecular complexity index is 803. The second kappa shape index (κ2) is 5.30. The molecule has 2 aliphatic rings. The number of hydrogen-bond donors (Lipinski definition) is 1. The lowest BCUT2D eigenvalue weighted by molar-refractivity contribution is -0.147. The smallest absolute Gasteiger partial charge is 0.324 e. The predicted molar refractivity (Wildman–Crippen MR) is 84.0 cm³/mol. The molecule has 0 aliphatic heterocycles. The topological polar surface area (TPSA) is 63.2 Å². The fourth-order valence-corrected chi connectivity index (χ4v) is 4.28. The van der Waals surface area contributed by atoms with Crippen LogP contribution in [0.5, 0.6) is 0 Å². The van der Waals surface area contributed by atoms with Gasteiger partial charge in [-0.25, -0.2) is 0 Å². The molecular formula is C17H15ClF3NO3. The van der Waals surface area contributed by atoms with Gasteiger partial charge in [0.1, 0.15) is 5.41 Å². The second-order valence-corrected chi connectivity index (χ2v) is 7.47. The quantitative estimate of drug-likeness (QED) is 0.632. The number of hydrogen-bond acceptors (Lipinski definition) is 3. The van der Waals surface area contributed by atoms with Crippen LogP contribution in [-0.2, 0) is 20.6 Å². The molecular weight excluding hydrogens is 359 g/mol. The van der Waals surface area contributed by atoms with Crippen LogP contribution in [0.4, 0.5) is 18.9 Å². The molecule has 1 amide bonds. The normalized spacial score (nSPS) is 27.7. The maximum absolute atomic E-state index is 12.9. The average molecular weight is 374 g/mol. The van der Waals surface area contributed by atoms with Crippen LogP contribution in [0, 0.1) is 16.7 Å². The lowest BCUT2D eigenvalue weighted by Gasteiger charge is -2.34. The van der Waals surface area contributed by atoms with Crippen LogP contribution in [-0.4, -0.2) is 17.5 Å². The van der Waals surface area contributed by atoms with Crippen LogP contribution in [0.2, 0.25) is 5.02 Å². The summed E-state index contributed by atoms with van der Waals surface area (Å²) < 4.78 is 38.6. The number of halogens is 4. The van der Waals surface area contributed by atoms with Crippen LogP contribution in [0.15, 0.2) is 18.2 Å². The van der Waals surface area contributed by atoms with Crippen LogP contribution < -0.4 is 5.32 Å². The van der Waals surface area contributed by atoms with Gasteiger partial charge in [-0.05, 0) is 36.5 Å². The van der Waals surface area contributed by atoms with Crippen molar-refractivity contribution < 1.29 is 27.6 Å². The summed E-state index contributed by atoms with van der Waals surface area (Å²) in [5.41, 5.74) is -3.66. The molecule has 2 aliphatic carbocycles. The highest BCUT2D eigenvalue weighted by atomic mass is 35.5. The highest BCUT2D eigenvalue weighted by Gasteiger charge is 2.72. The van der Waals surface area contributed by atoms with Crippen LogP contribution >= 0.6 is 11.6 Å². The molecule has 0 radical (unpaired) electrons. The third kappa shape index (κ3) is 2.32. The maximum atomic E-state index is 12.9. The van der Waals surface area contributed by atoms with Crippen molar-refractivity contribution in [2.24, 2.45) is 16.7 Å². The van der Waals surface area contributed by atoms with E-state index < -0.39 is 46.0 Å². The Morgan fingerprint density at radius 2 is 1.92 bits per heavy atom. The van der Waals surface area contributed by atoms with Crippen LogP contribution in [0.3, 0.4) is 0 Å². The summed E-state index contributed by atoms with van der Waals surface area (Å²) in [4.78, 5) is 37.4. The van der Waals surface area contributed by atoms with Crippen molar-refractivity contribution in [2.45, 2.75) is 32.9 Å². The summed E-state index contributed by atoms with van der Waals surface area (Å²) in [6.45, 7) is 3.33. The van der Waals surface area contributed by atoms with Gasteiger partial charge in [-0.1, -0.05) is 25.4 Å². The van der Waals surface area contributed by atoms with Crippen molar-refractivity contribution in [3.63, 3.8) is 0 Å². The number of carbonyl (C=O) groups excluding carboxylic acids is 3. The number of carbonyl (C=O) groups is 3. The molecule has 8 heteroatoms. The zero-order valence-corrected chi connectivity index (χ0v) is 14.2. The van der Waals surface area contributed by atoms with Gasteiger partial charge in [0.15, 0.2) is 0 Å². The van der Waals surface area contributed by atoms with Gasteiger partial charge in [-0.3, -0.25) is 14.4 Å². The van der Waals surface area contributed by atoms with E-state index in [0.717, 1.165) is 18.2 Å². The minimum Gasteiger partial charge on any atom is -0.324 e. The van der Waals surface area contributed by atoms with E-state index >= 15 is 0 Å². The number of amides is 1. The molecule has 0 saturated heterocycles. The van der Waals surface area contributed by atoms with Crippen molar-refractivity contribution in [2.75, 3.05) is 5.32 Å². The second-order valence-electron chi connectivity index (χ2n) is 7.06. The van der Waals surface area contributed by atoms with Crippen molar-refractivity contribution in [3.8, 4) is 0 Å². The molecule has 2 atom stereocenters. The molecule has 2 bridgehead atoms. The first-order chi connectivity index (χ1) is 11.4. The number of ketones is 2. The minimum absolute atomic E-state index is 0.0816. The highest BCUT2D eigenvalue weighted by molar-refractivity contribution is 6.48. The van der Waals surface area contributed by atoms with Gasteiger partial charge in [0.25, 0.3) is 0 Å². The number of fused-ring (bicyclic) bond motifs is 2. The Kier molecular flexibility index (Phi) is 3.80. The van der Waals surface area contributed by atoms with Crippen LogP contribution in [0.25, 0.3) is 0 Å². The third-order valence-corrected chi connectivity index (χ3v) is 5.97. The fraction of sp³-hybridized carbons (Fsp3) is 0.471. The van der Waals surface area contributed by atoms with Crippen LogP contribution in [0.1, 0.15) is 32.3 Å². The van der Waals surface area contributed by atoms with Crippen molar-refractivity contribution in [1.82, 2.24) is 0 Å². The van der Waals surface area contributed by atoms with E-state index in [-0.39, 0.29) is 17.1 Å². The largest absolute Gasteiger partial charge is 0.416 e. The lowest BCUT2D eigenvalue weighted by atomic mass is 9.68. The SMILES string of the molecule is CC1(C)[C@H]2CC[C@]1(C(=O)Nc1cc(C(F)(F)F)ccc1Cl)C(=O)C2=O. The Labute approximate surface area is 146 Å². The Morgan fingerprint density at radius 1 is 1.28 bits per heavy atom. The molecule has 2 saturated carbocycles. The molecule has 134 valence electrons. The summed E-state index contributed by atoms with van der Waals surface area (Å²) in [5, 5.41) is 2.26. The fourth-order valence-electron chi connectivity index (χ4n) is 4.11. The average Bonchev–Trinajstić information content (AvgIpc) is 2.84. The summed E-state index contributed by atoms with van der Waals surface area (Å²) >= 11 is 5.90. The summed E-state index contributed by atoms with van der Waals surface area (Å²) in [5.74, 6) is -2.67. The molecule has 25 heavy (non-hydrogen) atoms. The van der Waals surface area contributed by atoms with Gasteiger partial charge in [0.2, 0.25) is 17.5 Å². The molecule has 0 spiro atoms. The molecule has 1 N–H and O–H groups in total. The van der Waals surface area contributed by atoms with Gasteiger partial charge < -0.3 is 5.32 Å². The number of benzene rings is 1. The number of nitrogens with one attached hydrogen (secondary N) is 1. The highest BCUT2D eigenvalue weighted by Crippen LogP contribution is 2.62. The maximum Gasteiger partial charge on any atom is 0.416 e. The predicted octanol–water partition coefficient (Wildman–Crippen LogP) is 3.87. The van der Waals surface area contributed by atoms with E-state index in [1.807, 2.05) is 0 Å². The Hall–Kier alpha value is -1.89. The zero-order chi connectivity index (χ0) is 18.8. The van der Waals surface area contributed by atoms with E-state index in [2.05, 4.69) is 5.32 Å². The number of Topliss-reactive ketones (excluding diaryl/α,β-unsaturated/α-hetero) is 2. The standard InChI is InChI=1S/C17H15ClF3NO3/c1-15(2)9-5-6-16(15,13(24)12(9)23)14(25)22-11-7-8(17(19,20)21)3-4-10(11)18/h3-4,7,9H,5-6H2,1-2H3,(H,22,25)/t9-,16+/m0/s1. The van der Waals surface area contributed by atoms with E-state index in [0.29, 0.717) is 6.42 Å². The third-order valence-electron chi connectivity index (χ3n) is 5.64. The van der Waals surface area contributed by atoms with Gasteiger partial charge >= 0.3 is 6.18 Å². The lowest BCUT2D eigenvalue weighted by Crippen LogP contribution is -2.47. The van der Waals surface area contributed by atoms with E-state index in [1.54, 1.807) is 13.8 Å². The molecule has 1 aromatic rings. The molecule has 1 aromatic carbocycles. The van der Waals surface area contributed by atoms with E-state index in [4.69, 9.17) is 11.6 Å². The van der Waals surface area contributed by atoms with Crippen molar-refractivity contribution >= 4 is 34.8 Å². The molecule has 0 aromatic heterocycles. The Morgan fingerprint density at radius 3 is 2.44 bits per heavy atom. The van der Waals surface area contributed by atoms with Gasteiger partial charge in [0.05, 0.1) is 16.3 Å². The molecule has 3 rings (SSSR count). The first kappa shape index (κ1) is 17.9. The van der Waals surface area contributed by atoms with Gasteiger partial charge in [0, 0.05) is 5.92 Å². The molecule has 4 nitrogen and oxygen atoms in total. The number of anilines is 1. The van der Waals surface area contributed by atoms with E-state index in [9.17, 15) is 27.6 Å². The van der Waals surface area contributed by atoms with Crippen molar-refractivity contribution in [1.29, 1.82) is 0 Å². The summed E-state index contributed by atoms with van der Waals surface area (Å²) in [6, 6.07) is 2.55. The first-order valence-electron chi connectivity index (χ1n) is 7.70. The minimum atomic E-state index is -4.60.